The van der Waals surface area contributed by atoms with Crippen LogP contribution in [0.25, 0.3) is 0 Å². The molecule has 0 aliphatic rings. The Morgan fingerprint density at radius 2 is 1.95 bits per heavy atom. The van der Waals surface area contributed by atoms with Gasteiger partial charge in [-0.05, 0) is 31.4 Å². The highest BCUT2D eigenvalue weighted by atomic mass is 16.5. The lowest BCUT2D eigenvalue weighted by Gasteiger charge is -2.05. The normalized spacial score (nSPS) is 10.2. The number of ketones is 1. The van der Waals surface area contributed by atoms with Crippen LogP contribution >= 0.6 is 0 Å². The zero-order valence-corrected chi connectivity index (χ0v) is 11.0. The second-order valence-electron chi connectivity index (χ2n) is 4.38. The van der Waals surface area contributed by atoms with Gasteiger partial charge in [0.15, 0.2) is 5.78 Å². The van der Waals surface area contributed by atoms with Crippen molar-refractivity contribution in [2.45, 2.75) is 19.8 Å². The van der Waals surface area contributed by atoms with Gasteiger partial charge in [-0.15, -0.1) is 0 Å². The van der Waals surface area contributed by atoms with Crippen molar-refractivity contribution in [1.29, 1.82) is 0 Å². The summed E-state index contributed by atoms with van der Waals surface area (Å²) in [5, 5.41) is 0. The lowest BCUT2D eigenvalue weighted by atomic mass is 10.1. The van der Waals surface area contributed by atoms with Crippen LogP contribution in [0.1, 0.15) is 29.3 Å². The van der Waals surface area contributed by atoms with Gasteiger partial charge in [0.05, 0.1) is 6.61 Å². The zero-order chi connectivity index (χ0) is 13.5. The summed E-state index contributed by atoms with van der Waals surface area (Å²) in [4.78, 5) is 15.2. The molecule has 0 bridgehead atoms. The van der Waals surface area contributed by atoms with Gasteiger partial charge in [0.1, 0.15) is 0 Å². The summed E-state index contributed by atoms with van der Waals surface area (Å²) >= 11 is 0. The summed E-state index contributed by atoms with van der Waals surface area (Å²) < 4.78 is 5.54. The minimum Gasteiger partial charge on any atom is -0.478 e. The van der Waals surface area contributed by atoms with Crippen molar-refractivity contribution >= 4 is 5.78 Å². The Morgan fingerprint density at radius 1 is 1.16 bits per heavy atom. The second kappa shape index (κ2) is 6.69. The molecule has 0 saturated carbocycles. The maximum absolute atomic E-state index is 11.1. The molecule has 1 aromatic heterocycles. The Bertz CT molecular complexity index is 520. The molecule has 0 atom stereocenters. The van der Waals surface area contributed by atoms with Crippen LogP contribution < -0.4 is 4.74 Å². The van der Waals surface area contributed by atoms with E-state index in [-0.39, 0.29) is 5.78 Å². The number of benzene rings is 1. The molecule has 0 aliphatic heterocycles. The van der Waals surface area contributed by atoms with E-state index in [9.17, 15) is 4.79 Å². The Hall–Kier alpha value is -2.16. The van der Waals surface area contributed by atoms with Crippen LogP contribution in [-0.4, -0.2) is 17.4 Å². The minimum absolute atomic E-state index is 0.0168. The van der Waals surface area contributed by atoms with E-state index < -0.39 is 0 Å². The molecular weight excluding hydrogens is 238 g/mol. The van der Waals surface area contributed by atoms with Crippen molar-refractivity contribution < 1.29 is 9.53 Å². The summed E-state index contributed by atoms with van der Waals surface area (Å²) in [5.74, 6) is 0.584. The molecule has 0 spiro atoms. The first-order valence-electron chi connectivity index (χ1n) is 6.39. The standard InChI is InChI=1S/C16H17NO2/c1-13(18)15-9-10-16(17-12-15)19-11-5-8-14-6-3-2-4-7-14/h2-4,6-7,9-10,12H,5,8,11H2,1H3. The quantitative estimate of drug-likeness (QED) is 0.587. The highest BCUT2D eigenvalue weighted by Crippen LogP contribution is 2.09. The van der Waals surface area contributed by atoms with Crippen LogP contribution in [-0.2, 0) is 6.42 Å². The summed E-state index contributed by atoms with van der Waals surface area (Å²) in [6.45, 7) is 2.15. The summed E-state index contributed by atoms with van der Waals surface area (Å²) in [7, 11) is 0. The molecule has 2 rings (SSSR count). The van der Waals surface area contributed by atoms with E-state index in [1.807, 2.05) is 18.2 Å². The second-order valence-corrected chi connectivity index (χ2v) is 4.38. The van der Waals surface area contributed by atoms with Gasteiger partial charge in [-0.25, -0.2) is 4.98 Å². The Labute approximate surface area is 113 Å². The first-order chi connectivity index (χ1) is 9.25. The van der Waals surface area contributed by atoms with E-state index in [2.05, 4.69) is 17.1 Å². The Balaban J connectivity index is 1.75. The smallest absolute Gasteiger partial charge is 0.213 e. The molecule has 19 heavy (non-hydrogen) atoms. The predicted molar refractivity (Wildman–Crippen MR) is 74.5 cm³/mol. The topological polar surface area (TPSA) is 39.2 Å². The van der Waals surface area contributed by atoms with Crippen molar-refractivity contribution in [3.05, 3.63) is 59.8 Å². The fraction of sp³-hybridized carbons (Fsp3) is 0.250. The summed E-state index contributed by atoms with van der Waals surface area (Å²) in [6, 6.07) is 13.8. The highest BCUT2D eigenvalue weighted by molar-refractivity contribution is 5.93. The monoisotopic (exact) mass is 255 g/mol. The van der Waals surface area contributed by atoms with Crippen molar-refractivity contribution in [2.24, 2.45) is 0 Å². The molecule has 3 nitrogen and oxygen atoms in total. The number of rotatable bonds is 6. The van der Waals surface area contributed by atoms with Crippen LogP contribution in [0.15, 0.2) is 48.7 Å². The maximum atomic E-state index is 11.1. The molecule has 98 valence electrons. The van der Waals surface area contributed by atoms with E-state index >= 15 is 0 Å². The minimum atomic E-state index is 0.0168. The third kappa shape index (κ3) is 4.21. The number of Topliss-reactive ketones (excluding diaryl/α,β-unsaturated/α-hetero) is 1. The molecule has 0 saturated heterocycles. The first-order valence-corrected chi connectivity index (χ1v) is 6.39. The Kier molecular flexibility index (Phi) is 4.67. The van der Waals surface area contributed by atoms with Crippen molar-refractivity contribution in [3.63, 3.8) is 0 Å². The number of aromatic nitrogens is 1. The van der Waals surface area contributed by atoms with E-state index in [4.69, 9.17) is 4.74 Å². The fourth-order valence-corrected chi connectivity index (χ4v) is 1.77. The summed E-state index contributed by atoms with van der Waals surface area (Å²) in [6.07, 6.45) is 3.49. The van der Waals surface area contributed by atoms with E-state index in [1.165, 1.54) is 12.5 Å². The molecule has 0 amide bonds. The third-order valence-corrected chi connectivity index (χ3v) is 2.85. The van der Waals surface area contributed by atoms with E-state index in [0.717, 1.165) is 12.8 Å². The highest BCUT2D eigenvalue weighted by Gasteiger charge is 2.00. The molecule has 0 radical (unpaired) electrons. The van der Waals surface area contributed by atoms with Gasteiger partial charge in [-0.1, -0.05) is 30.3 Å². The van der Waals surface area contributed by atoms with Crippen LogP contribution in [0.4, 0.5) is 0 Å². The van der Waals surface area contributed by atoms with Gasteiger partial charge in [0.25, 0.3) is 0 Å². The van der Waals surface area contributed by atoms with Gasteiger partial charge >= 0.3 is 0 Å². The van der Waals surface area contributed by atoms with Gasteiger partial charge < -0.3 is 4.74 Å². The molecule has 2 aromatic rings. The predicted octanol–water partition coefficient (Wildman–Crippen LogP) is 3.30. The number of nitrogens with zero attached hydrogens (tertiary/aromatic N) is 1. The first kappa shape index (κ1) is 13.3. The molecule has 0 N–H and O–H groups in total. The maximum Gasteiger partial charge on any atom is 0.213 e. The Morgan fingerprint density at radius 3 is 2.58 bits per heavy atom. The molecular formula is C16H17NO2. The van der Waals surface area contributed by atoms with Gasteiger partial charge in [-0.3, -0.25) is 4.79 Å². The van der Waals surface area contributed by atoms with Crippen LogP contribution in [0.5, 0.6) is 5.88 Å². The third-order valence-electron chi connectivity index (χ3n) is 2.85. The number of ether oxygens (including phenoxy) is 1. The molecule has 1 aromatic carbocycles. The van der Waals surface area contributed by atoms with E-state index in [1.54, 1.807) is 18.3 Å². The molecule has 3 heteroatoms. The van der Waals surface area contributed by atoms with Gasteiger partial charge in [0, 0.05) is 17.8 Å². The average molecular weight is 255 g/mol. The molecule has 0 unspecified atom stereocenters. The van der Waals surface area contributed by atoms with E-state index in [0.29, 0.717) is 18.1 Å². The zero-order valence-electron chi connectivity index (χ0n) is 11.0. The molecule has 0 aliphatic carbocycles. The van der Waals surface area contributed by atoms with Crippen LogP contribution in [0, 0.1) is 0 Å². The van der Waals surface area contributed by atoms with Gasteiger partial charge in [0.2, 0.25) is 5.88 Å². The number of hydrogen-bond donors (Lipinski definition) is 0. The van der Waals surface area contributed by atoms with Crippen molar-refractivity contribution in [3.8, 4) is 5.88 Å². The average Bonchev–Trinajstić information content (AvgIpc) is 2.45. The van der Waals surface area contributed by atoms with Crippen molar-refractivity contribution in [2.75, 3.05) is 6.61 Å². The van der Waals surface area contributed by atoms with Crippen LogP contribution in [0.3, 0.4) is 0 Å². The number of carbonyl (C=O) groups is 1. The molecule has 1 heterocycles. The fourth-order valence-electron chi connectivity index (χ4n) is 1.77. The van der Waals surface area contributed by atoms with Crippen LogP contribution in [0.2, 0.25) is 0 Å². The molecule has 0 fully saturated rings. The number of hydrogen-bond acceptors (Lipinski definition) is 3. The SMILES string of the molecule is CC(=O)c1ccc(OCCCc2ccccc2)nc1. The summed E-state index contributed by atoms with van der Waals surface area (Å²) in [5.41, 5.74) is 1.92. The number of pyridine rings is 1. The number of aryl methyl sites for hydroxylation is 1. The lowest BCUT2D eigenvalue weighted by molar-refractivity contribution is 0.101. The number of carbonyl (C=O) groups excluding carboxylic acids is 1. The lowest BCUT2D eigenvalue weighted by Crippen LogP contribution is -2.01. The van der Waals surface area contributed by atoms with Crippen molar-refractivity contribution in [1.82, 2.24) is 4.98 Å². The van der Waals surface area contributed by atoms with Gasteiger partial charge in [-0.2, -0.15) is 0 Å². The largest absolute Gasteiger partial charge is 0.478 e.